The van der Waals surface area contributed by atoms with Crippen LogP contribution >= 0.6 is 0 Å². The Morgan fingerprint density at radius 3 is 2.95 bits per heavy atom. The number of carbonyl (C=O) groups excluding carboxylic acids is 1. The fourth-order valence-electron chi connectivity index (χ4n) is 3.17. The predicted octanol–water partition coefficient (Wildman–Crippen LogP) is 1.54. The van der Waals surface area contributed by atoms with Crippen LogP contribution in [0.5, 0.6) is 0 Å². The highest BCUT2D eigenvalue weighted by atomic mass is 16.2. The molecule has 19 heavy (non-hydrogen) atoms. The van der Waals surface area contributed by atoms with Gasteiger partial charge in [0.05, 0.1) is 0 Å². The van der Waals surface area contributed by atoms with Crippen LogP contribution in [0.2, 0.25) is 0 Å². The molecule has 2 aliphatic heterocycles. The van der Waals surface area contributed by atoms with Gasteiger partial charge in [-0.1, -0.05) is 6.07 Å². The van der Waals surface area contributed by atoms with Gasteiger partial charge in [-0.05, 0) is 43.9 Å². The lowest BCUT2D eigenvalue weighted by Crippen LogP contribution is -2.39. The van der Waals surface area contributed by atoms with Crippen molar-refractivity contribution in [3.63, 3.8) is 0 Å². The Bertz CT molecular complexity index is 500. The number of nitrogen functional groups attached to an aromatic ring is 1. The van der Waals surface area contributed by atoms with E-state index in [1.165, 1.54) is 12.8 Å². The summed E-state index contributed by atoms with van der Waals surface area (Å²) in [6.07, 6.45) is 3.50. The molecular weight excluding hydrogens is 238 g/mol. The van der Waals surface area contributed by atoms with E-state index in [4.69, 9.17) is 5.73 Å². The number of benzene rings is 1. The fourth-order valence-corrected chi connectivity index (χ4v) is 3.17. The molecule has 1 aromatic rings. The minimum absolute atomic E-state index is 0.124. The zero-order valence-corrected chi connectivity index (χ0v) is 11.4. The standard InChI is InChI=1S/C15H21N3O/c1-10-2-3-11(16)8-14(10)15(19)18-7-6-12-4-5-13(9-18)17-12/h2-3,8,12-13,17H,4-7,9,16H2,1H3. The molecule has 102 valence electrons. The summed E-state index contributed by atoms with van der Waals surface area (Å²) in [4.78, 5) is 14.6. The summed E-state index contributed by atoms with van der Waals surface area (Å²) in [5.74, 6) is 0.124. The number of amides is 1. The van der Waals surface area contributed by atoms with E-state index >= 15 is 0 Å². The van der Waals surface area contributed by atoms with Crippen molar-refractivity contribution in [1.29, 1.82) is 0 Å². The van der Waals surface area contributed by atoms with Gasteiger partial charge in [-0.2, -0.15) is 0 Å². The van der Waals surface area contributed by atoms with Gasteiger partial charge in [0.15, 0.2) is 0 Å². The second-order valence-electron chi connectivity index (χ2n) is 5.75. The Morgan fingerprint density at radius 1 is 1.32 bits per heavy atom. The molecule has 3 rings (SSSR count). The van der Waals surface area contributed by atoms with E-state index in [-0.39, 0.29) is 5.91 Å². The molecule has 0 radical (unpaired) electrons. The number of fused-ring (bicyclic) bond motifs is 2. The molecule has 4 nitrogen and oxygen atoms in total. The Hall–Kier alpha value is -1.55. The molecule has 1 amide bonds. The Labute approximate surface area is 114 Å². The van der Waals surface area contributed by atoms with E-state index in [0.717, 1.165) is 30.6 Å². The quantitative estimate of drug-likeness (QED) is 0.752. The van der Waals surface area contributed by atoms with Crippen LogP contribution in [0, 0.1) is 6.92 Å². The van der Waals surface area contributed by atoms with Crippen LogP contribution < -0.4 is 11.1 Å². The summed E-state index contributed by atoms with van der Waals surface area (Å²) in [5, 5.41) is 3.60. The zero-order chi connectivity index (χ0) is 13.4. The van der Waals surface area contributed by atoms with E-state index in [0.29, 0.717) is 17.8 Å². The van der Waals surface area contributed by atoms with Gasteiger partial charge >= 0.3 is 0 Å². The van der Waals surface area contributed by atoms with Crippen molar-refractivity contribution in [3.8, 4) is 0 Å². The first-order valence-corrected chi connectivity index (χ1v) is 7.05. The maximum Gasteiger partial charge on any atom is 0.254 e. The molecule has 2 atom stereocenters. The van der Waals surface area contributed by atoms with Crippen molar-refractivity contribution in [2.45, 2.75) is 38.3 Å². The lowest BCUT2D eigenvalue weighted by atomic mass is 10.0. The van der Waals surface area contributed by atoms with Gasteiger partial charge in [-0.15, -0.1) is 0 Å². The molecule has 0 saturated carbocycles. The lowest BCUT2D eigenvalue weighted by molar-refractivity contribution is 0.0747. The van der Waals surface area contributed by atoms with E-state index in [9.17, 15) is 4.79 Å². The smallest absolute Gasteiger partial charge is 0.254 e. The topological polar surface area (TPSA) is 58.4 Å². The Balaban J connectivity index is 1.81. The van der Waals surface area contributed by atoms with E-state index in [1.807, 2.05) is 24.0 Å². The highest BCUT2D eigenvalue weighted by Gasteiger charge is 2.31. The minimum atomic E-state index is 0.124. The van der Waals surface area contributed by atoms with Gasteiger partial charge in [-0.25, -0.2) is 0 Å². The minimum Gasteiger partial charge on any atom is -0.399 e. The van der Waals surface area contributed by atoms with E-state index < -0.39 is 0 Å². The molecule has 2 saturated heterocycles. The average molecular weight is 259 g/mol. The van der Waals surface area contributed by atoms with Crippen LogP contribution in [-0.2, 0) is 0 Å². The van der Waals surface area contributed by atoms with Crippen molar-refractivity contribution >= 4 is 11.6 Å². The van der Waals surface area contributed by atoms with Crippen molar-refractivity contribution < 1.29 is 4.79 Å². The summed E-state index contributed by atoms with van der Waals surface area (Å²) in [6.45, 7) is 3.64. The van der Waals surface area contributed by atoms with Gasteiger partial charge in [0.1, 0.15) is 0 Å². The third kappa shape index (κ3) is 2.45. The average Bonchev–Trinajstić information content (AvgIpc) is 2.71. The summed E-state index contributed by atoms with van der Waals surface area (Å²) in [7, 11) is 0. The number of nitrogens with two attached hydrogens (primary N) is 1. The number of aryl methyl sites for hydroxylation is 1. The van der Waals surface area contributed by atoms with Crippen LogP contribution in [0.3, 0.4) is 0 Å². The van der Waals surface area contributed by atoms with E-state index in [2.05, 4.69) is 5.32 Å². The summed E-state index contributed by atoms with van der Waals surface area (Å²) >= 11 is 0. The summed E-state index contributed by atoms with van der Waals surface area (Å²) in [5.41, 5.74) is 8.21. The molecule has 3 N–H and O–H groups in total. The summed E-state index contributed by atoms with van der Waals surface area (Å²) in [6, 6.07) is 6.64. The molecule has 0 aromatic heterocycles. The lowest BCUT2D eigenvalue weighted by Gasteiger charge is -2.25. The number of nitrogens with zero attached hydrogens (tertiary/aromatic N) is 1. The predicted molar refractivity (Wildman–Crippen MR) is 76.1 cm³/mol. The SMILES string of the molecule is Cc1ccc(N)cc1C(=O)N1CCC2CCC(C1)N2. The molecule has 0 spiro atoms. The third-order valence-corrected chi connectivity index (χ3v) is 4.30. The Morgan fingerprint density at radius 2 is 2.11 bits per heavy atom. The van der Waals surface area contributed by atoms with Gasteiger partial charge in [0.2, 0.25) is 0 Å². The first kappa shape index (κ1) is 12.5. The van der Waals surface area contributed by atoms with Gasteiger partial charge in [0, 0.05) is 36.4 Å². The number of anilines is 1. The highest BCUT2D eigenvalue weighted by molar-refractivity contribution is 5.96. The maximum atomic E-state index is 12.6. The zero-order valence-electron chi connectivity index (χ0n) is 11.4. The number of rotatable bonds is 1. The molecule has 2 bridgehead atoms. The molecule has 2 aliphatic rings. The monoisotopic (exact) mass is 259 g/mol. The molecule has 2 heterocycles. The number of likely N-dealkylation sites (tertiary alicyclic amines) is 1. The second kappa shape index (κ2) is 4.85. The largest absolute Gasteiger partial charge is 0.399 e. The first-order valence-electron chi connectivity index (χ1n) is 7.05. The number of hydrogen-bond acceptors (Lipinski definition) is 3. The van der Waals surface area contributed by atoms with Crippen LogP contribution in [-0.4, -0.2) is 36.0 Å². The van der Waals surface area contributed by atoms with Crippen molar-refractivity contribution in [2.75, 3.05) is 18.8 Å². The normalized spacial score (nSPS) is 26.3. The number of hydrogen-bond donors (Lipinski definition) is 2. The number of carbonyl (C=O) groups is 1. The molecule has 4 heteroatoms. The van der Waals surface area contributed by atoms with Crippen LogP contribution in [0.15, 0.2) is 18.2 Å². The fraction of sp³-hybridized carbons (Fsp3) is 0.533. The van der Waals surface area contributed by atoms with Crippen LogP contribution in [0.25, 0.3) is 0 Å². The molecule has 1 aromatic carbocycles. The van der Waals surface area contributed by atoms with Gasteiger partial charge in [-0.3, -0.25) is 4.79 Å². The second-order valence-corrected chi connectivity index (χ2v) is 5.75. The highest BCUT2D eigenvalue weighted by Crippen LogP contribution is 2.23. The maximum absolute atomic E-state index is 12.6. The summed E-state index contributed by atoms with van der Waals surface area (Å²) < 4.78 is 0. The molecular formula is C15H21N3O. The van der Waals surface area contributed by atoms with Crippen molar-refractivity contribution in [3.05, 3.63) is 29.3 Å². The first-order chi connectivity index (χ1) is 9.13. The van der Waals surface area contributed by atoms with E-state index in [1.54, 1.807) is 6.07 Å². The van der Waals surface area contributed by atoms with Crippen molar-refractivity contribution in [2.24, 2.45) is 0 Å². The third-order valence-electron chi connectivity index (χ3n) is 4.30. The van der Waals surface area contributed by atoms with Gasteiger partial charge in [0.25, 0.3) is 5.91 Å². The van der Waals surface area contributed by atoms with Crippen molar-refractivity contribution in [1.82, 2.24) is 10.2 Å². The van der Waals surface area contributed by atoms with Gasteiger partial charge < -0.3 is 16.0 Å². The number of nitrogens with one attached hydrogen (secondary N) is 1. The molecule has 2 fully saturated rings. The van der Waals surface area contributed by atoms with Crippen LogP contribution in [0.1, 0.15) is 35.2 Å². The Kier molecular flexibility index (Phi) is 3.19. The van der Waals surface area contributed by atoms with Crippen LogP contribution in [0.4, 0.5) is 5.69 Å². The molecule has 0 aliphatic carbocycles. The molecule has 2 unspecified atom stereocenters.